The molecule has 1 atom stereocenters. The number of fused-ring (bicyclic) bond motifs is 1. The lowest BCUT2D eigenvalue weighted by Gasteiger charge is -2.25. The highest BCUT2D eigenvalue weighted by Gasteiger charge is 2.24. The minimum absolute atomic E-state index is 0.150. The topological polar surface area (TPSA) is 26.3 Å². The van der Waals surface area contributed by atoms with Gasteiger partial charge >= 0.3 is 0 Å². The number of halogens is 1. The van der Waals surface area contributed by atoms with Crippen molar-refractivity contribution in [3.8, 4) is 5.75 Å². The molecule has 0 bridgehead atoms. The smallest absolute Gasteiger partial charge is 0.163 e. The van der Waals surface area contributed by atoms with Crippen molar-refractivity contribution in [2.45, 2.75) is 25.7 Å². The monoisotopic (exact) mass is 300 g/mol. The zero-order chi connectivity index (χ0) is 14.8. The fourth-order valence-corrected chi connectivity index (χ4v) is 3.05. The molecule has 0 saturated carbocycles. The average Bonchev–Trinajstić information content (AvgIpc) is 2.50. The molecule has 0 spiro atoms. The van der Waals surface area contributed by atoms with Crippen molar-refractivity contribution in [3.05, 3.63) is 64.2 Å². The number of ketones is 1. The van der Waals surface area contributed by atoms with Crippen molar-refractivity contribution in [2.24, 2.45) is 0 Å². The minimum Gasteiger partial charge on any atom is -0.493 e. The van der Waals surface area contributed by atoms with Crippen LogP contribution in [0, 0.1) is 6.92 Å². The van der Waals surface area contributed by atoms with Gasteiger partial charge in [-0.3, -0.25) is 4.79 Å². The third kappa shape index (κ3) is 2.81. The van der Waals surface area contributed by atoms with Gasteiger partial charge in [0.25, 0.3) is 0 Å². The van der Waals surface area contributed by atoms with Crippen molar-refractivity contribution in [1.29, 1.82) is 0 Å². The molecule has 0 amide bonds. The Morgan fingerprint density at radius 3 is 2.90 bits per heavy atom. The highest BCUT2D eigenvalue weighted by Crippen LogP contribution is 2.36. The van der Waals surface area contributed by atoms with Crippen molar-refractivity contribution >= 4 is 17.4 Å². The lowest BCUT2D eigenvalue weighted by atomic mass is 9.86. The molecule has 108 valence electrons. The second-order valence-corrected chi connectivity index (χ2v) is 5.82. The summed E-state index contributed by atoms with van der Waals surface area (Å²) in [5.41, 5.74) is 2.73. The summed E-state index contributed by atoms with van der Waals surface area (Å²) >= 11 is 6.11. The van der Waals surface area contributed by atoms with Gasteiger partial charge in [0, 0.05) is 17.0 Å². The molecule has 21 heavy (non-hydrogen) atoms. The first-order chi connectivity index (χ1) is 10.2. The predicted octanol–water partition coefficient (Wildman–Crippen LogP) is 4.79. The summed E-state index contributed by atoms with van der Waals surface area (Å²) in [5.74, 6) is 1.28. The first kappa shape index (κ1) is 14.2. The number of hydrogen-bond donors (Lipinski definition) is 0. The summed E-state index contributed by atoms with van der Waals surface area (Å²) in [7, 11) is 0. The van der Waals surface area contributed by atoms with E-state index in [2.05, 4.69) is 6.07 Å². The minimum atomic E-state index is 0.150. The number of carbonyl (C=O) groups excluding carboxylic acids is 1. The van der Waals surface area contributed by atoms with Gasteiger partial charge in [0.05, 0.1) is 6.61 Å². The number of hydrogen-bond acceptors (Lipinski definition) is 2. The van der Waals surface area contributed by atoms with E-state index in [1.54, 1.807) is 0 Å². The Hall–Kier alpha value is -1.80. The molecule has 0 saturated heterocycles. The van der Waals surface area contributed by atoms with Gasteiger partial charge in [-0.15, -0.1) is 0 Å². The highest BCUT2D eigenvalue weighted by molar-refractivity contribution is 6.31. The molecule has 0 fully saturated rings. The Bertz CT molecular complexity index is 679. The zero-order valence-electron chi connectivity index (χ0n) is 11.9. The van der Waals surface area contributed by atoms with Crippen LogP contribution in [-0.4, -0.2) is 12.4 Å². The van der Waals surface area contributed by atoms with Crippen LogP contribution in [0.4, 0.5) is 0 Å². The Labute approximate surface area is 129 Å². The fourth-order valence-electron chi connectivity index (χ4n) is 2.87. The molecule has 1 aliphatic heterocycles. The van der Waals surface area contributed by atoms with Crippen LogP contribution >= 0.6 is 11.6 Å². The van der Waals surface area contributed by atoms with Crippen molar-refractivity contribution in [3.63, 3.8) is 0 Å². The maximum atomic E-state index is 12.6. The number of ether oxygens (including phenoxy) is 1. The molecule has 1 aliphatic rings. The first-order valence-corrected chi connectivity index (χ1v) is 7.54. The number of Topliss-reactive ketones (excluding diaryl/α,β-unsaturated/α-hetero) is 1. The van der Waals surface area contributed by atoms with Crippen LogP contribution in [0.3, 0.4) is 0 Å². The van der Waals surface area contributed by atoms with Gasteiger partial charge in [0.1, 0.15) is 5.75 Å². The average molecular weight is 301 g/mol. The summed E-state index contributed by atoms with van der Waals surface area (Å²) in [6, 6.07) is 13.5. The summed E-state index contributed by atoms with van der Waals surface area (Å²) in [6.07, 6.45) is 1.38. The van der Waals surface area contributed by atoms with Gasteiger partial charge in [-0.25, -0.2) is 0 Å². The molecule has 0 N–H and O–H groups in total. The van der Waals surface area contributed by atoms with Crippen LogP contribution in [-0.2, 0) is 0 Å². The van der Waals surface area contributed by atoms with Crippen LogP contribution < -0.4 is 4.74 Å². The molecular weight excluding hydrogens is 284 g/mol. The van der Waals surface area contributed by atoms with E-state index in [1.807, 2.05) is 43.3 Å². The molecule has 2 nitrogen and oxygen atoms in total. The molecule has 1 heterocycles. The van der Waals surface area contributed by atoms with Crippen molar-refractivity contribution in [2.75, 3.05) is 6.61 Å². The van der Waals surface area contributed by atoms with E-state index in [1.165, 1.54) is 0 Å². The van der Waals surface area contributed by atoms with E-state index in [0.717, 1.165) is 28.9 Å². The summed E-state index contributed by atoms with van der Waals surface area (Å²) in [6.45, 7) is 2.57. The van der Waals surface area contributed by atoms with Gasteiger partial charge in [0.15, 0.2) is 5.78 Å². The second-order valence-electron chi connectivity index (χ2n) is 5.41. The number of benzene rings is 2. The Morgan fingerprint density at radius 2 is 2.05 bits per heavy atom. The molecule has 0 aliphatic carbocycles. The van der Waals surface area contributed by atoms with Gasteiger partial charge < -0.3 is 4.74 Å². The lowest BCUT2D eigenvalue weighted by molar-refractivity contribution is 0.0965. The Kier molecular flexibility index (Phi) is 3.98. The summed E-state index contributed by atoms with van der Waals surface area (Å²) < 4.78 is 5.65. The van der Waals surface area contributed by atoms with Gasteiger partial charge in [-0.1, -0.05) is 41.9 Å². The number of carbonyl (C=O) groups is 1. The summed E-state index contributed by atoms with van der Waals surface area (Å²) in [4.78, 5) is 12.6. The quantitative estimate of drug-likeness (QED) is 0.762. The van der Waals surface area contributed by atoms with E-state index in [4.69, 9.17) is 16.3 Å². The maximum absolute atomic E-state index is 12.6. The van der Waals surface area contributed by atoms with Crippen molar-refractivity contribution < 1.29 is 9.53 Å². The molecule has 2 aromatic rings. The molecule has 3 rings (SSSR count). The van der Waals surface area contributed by atoms with Crippen LogP contribution in [0.1, 0.15) is 40.2 Å². The number of rotatable bonds is 3. The molecule has 0 radical (unpaired) electrons. The second kappa shape index (κ2) is 5.90. The third-order valence-electron chi connectivity index (χ3n) is 4.08. The Balaban J connectivity index is 1.85. The molecule has 0 aromatic heterocycles. The Morgan fingerprint density at radius 1 is 1.24 bits per heavy atom. The van der Waals surface area contributed by atoms with E-state index in [9.17, 15) is 4.79 Å². The number of para-hydroxylation sites is 1. The van der Waals surface area contributed by atoms with Gasteiger partial charge in [-0.2, -0.15) is 0 Å². The SMILES string of the molecule is Cc1c(Cl)cccc1C(=O)CC1CCOc2ccccc21. The van der Waals surface area contributed by atoms with Crippen LogP contribution in [0.15, 0.2) is 42.5 Å². The molecule has 2 aromatic carbocycles. The first-order valence-electron chi connectivity index (χ1n) is 7.17. The summed E-state index contributed by atoms with van der Waals surface area (Å²) in [5, 5.41) is 0.647. The molecular formula is C18H17ClO2. The van der Waals surface area contributed by atoms with Crippen LogP contribution in [0.25, 0.3) is 0 Å². The van der Waals surface area contributed by atoms with Crippen LogP contribution in [0.5, 0.6) is 5.75 Å². The van der Waals surface area contributed by atoms with E-state index in [-0.39, 0.29) is 11.7 Å². The lowest BCUT2D eigenvalue weighted by Crippen LogP contribution is -2.17. The largest absolute Gasteiger partial charge is 0.493 e. The molecule has 1 unspecified atom stereocenters. The van der Waals surface area contributed by atoms with Crippen molar-refractivity contribution in [1.82, 2.24) is 0 Å². The van der Waals surface area contributed by atoms with Gasteiger partial charge in [0.2, 0.25) is 0 Å². The van der Waals surface area contributed by atoms with Crippen LogP contribution in [0.2, 0.25) is 5.02 Å². The maximum Gasteiger partial charge on any atom is 0.163 e. The highest BCUT2D eigenvalue weighted by atomic mass is 35.5. The van der Waals surface area contributed by atoms with Gasteiger partial charge in [-0.05, 0) is 42.5 Å². The predicted molar refractivity (Wildman–Crippen MR) is 84.4 cm³/mol. The van der Waals surface area contributed by atoms with E-state index < -0.39 is 0 Å². The zero-order valence-corrected chi connectivity index (χ0v) is 12.7. The fraction of sp³-hybridized carbons (Fsp3) is 0.278. The standard InChI is InChI=1S/C18H17ClO2/c1-12-14(6-4-7-16(12)19)17(20)11-13-9-10-21-18-8-3-2-5-15(13)18/h2-8,13H,9-11H2,1H3. The normalized spacial score (nSPS) is 17.0. The van der Waals surface area contributed by atoms with E-state index in [0.29, 0.717) is 18.1 Å². The van der Waals surface area contributed by atoms with E-state index >= 15 is 0 Å². The third-order valence-corrected chi connectivity index (χ3v) is 4.49. The molecule has 3 heteroatoms.